The van der Waals surface area contributed by atoms with E-state index in [1.165, 1.54) is 50.1 Å². The highest BCUT2D eigenvalue weighted by molar-refractivity contribution is 5.74. The fourth-order valence-electron chi connectivity index (χ4n) is 5.03. The van der Waals surface area contributed by atoms with E-state index in [-0.39, 0.29) is 10.8 Å². The monoisotopic (exact) mass is 630 g/mol. The summed E-state index contributed by atoms with van der Waals surface area (Å²) in [6.45, 7) is 26.0. The van der Waals surface area contributed by atoms with Gasteiger partial charge in [0.2, 0.25) is 0 Å². The van der Waals surface area contributed by atoms with Crippen molar-refractivity contribution in [3.63, 3.8) is 0 Å². The summed E-state index contributed by atoms with van der Waals surface area (Å²) >= 11 is 0. The fraction of sp³-hybridized carbons (Fsp3) is 0.395. The Hall–Kier alpha value is -4.18. The van der Waals surface area contributed by atoms with Gasteiger partial charge in [0.05, 0.1) is 24.1 Å². The summed E-state index contributed by atoms with van der Waals surface area (Å²) in [5.41, 5.74) is 13.9. The summed E-state index contributed by atoms with van der Waals surface area (Å²) in [4.78, 5) is 13.3. The van der Waals surface area contributed by atoms with Crippen LogP contribution in [0.4, 0.5) is 11.4 Å². The third-order valence-electron chi connectivity index (χ3n) is 8.67. The Balaban J connectivity index is 0.000000256. The lowest BCUT2D eigenvalue weighted by molar-refractivity contribution is 0.552. The maximum atomic E-state index is 4.62. The van der Waals surface area contributed by atoms with Crippen LogP contribution in [0, 0.1) is 20.8 Å². The van der Waals surface area contributed by atoms with Crippen molar-refractivity contribution >= 4 is 24.1 Å². The lowest BCUT2D eigenvalue weighted by atomic mass is 9.86. The van der Waals surface area contributed by atoms with E-state index < -0.39 is 0 Å². The van der Waals surface area contributed by atoms with Crippen molar-refractivity contribution in [2.45, 2.75) is 87.0 Å². The van der Waals surface area contributed by atoms with Crippen LogP contribution in [0.1, 0.15) is 83.2 Å². The van der Waals surface area contributed by atoms with E-state index in [0.29, 0.717) is 0 Å². The Morgan fingerprint density at radius 2 is 0.936 bits per heavy atom. The molecule has 0 atom stereocenters. The number of hydrogen-bond donors (Lipinski definition) is 0. The molecule has 4 aromatic carbocycles. The standard InChI is InChI=1S/C22H30N2.C21H28N2/c1-8-24(7)15-23-21-14-16(2)20(13-17(21)3)18-9-11-19(12-10-18)22(4,5)6;1-7-23(6)15-22-20-13-10-18(14-16(20)2)17-8-11-19(12-9-17)21(3,4)5/h9-15H,8H2,1-7H3;8-15H,7H2,1-6H3. The van der Waals surface area contributed by atoms with Gasteiger partial charge in [-0.2, -0.15) is 0 Å². The lowest BCUT2D eigenvalue weighted by Gasteiger charge is -2.19. The predicted molar refractivity (Wildman–Crippen MR) is 208 cm³/mol. The summed E-state index contributed by atoms with van der Waals surface area (Å²) in [6.07, 6.45) is 3.79. The lowest BCUT2D eigenvalue weighted by Crippen LogP contribution is -2.14. The maximum Gasteiger partial charge on any atom is 0.0909 e. The quantitative estimate of drug-likeness (QED) is 0.143. The van der Waals surface area contributed by atoms with Crippen LogP contribution in [-0.2, 0) is 10.8 Å². The highest BCUT2D eigenvalue weighted by Gasteiger charge is 2.15. The largest absolute Gasteiger partial charge is 0.366 e. The molecule has 4 nitrogen and oxygen atoms in total. The molecule has 47 heavy (non-hydrogen) atoms. The van der Waals surface area contributed by atoms with Gasteiger partial charge in [0.15, 0.2) is 0 Å². The first-order chi connectivity index (χ1) is 22.0. The second-order valence-electron chi connectivity index (χ2n) is 14.7. The van der Waals surface area contributed by atoms with E-state index in [0.717, 1.165) is 24.5 Å². The van der Waals surface area contributed by atoms with Gasteiger partial charge in [-0.25, -0.2) is 9.98 Å². The Morgan fingerprint density at radius 3 is 1.38 bits per heavy atom. The molecule has 0 unspecified atom stereocenters. The minimum Gasteiger partial charge on any atom is -0.366 e. The van der Waals surface area contributed by atoms with Gasteiger partial charge in [0, 0.05) is 27.2 Å². The molecule has 4 heteroatoms. The second-order valence-corrected chi connectivity index (χ2v) is 14.7. The molecule has 0 aromatic heterocycles. The minimum atomic E-state index is 0.188. The van der Waals surface area contributed by atoms with Crippen LogP contribution in [0.5, 0.6) is 0 Å². The number of nitrogens with zero attached hydrogens (tertiary/aromatic N) is 4. The molecule has 0 radical (unpaired) electrons. The van der Waals surface area contributed by atoms with E-state index in [2.05, 4.69) is 175 Å². The smallest absolute Gasteiger partial charge is 0.0909 e. The molecular weight excluding hydrogens is 573 g/mol. The Labute approximate surface area is 286 Å². The van der Waals surface area contributed by atoms with Crippen LogP contribution >= 0.6 is 0 Å². The highest BCUT2D eigenvalue weighted by Crippen LogP contribution is 2.32. The summed E-state index contributed by atoms with van der Waals surface area (Å²) in [5, 5.41) is 0. The topological polar surface area (TPSA) is 31.2 Å². The SMILES string of the molecule is CCN(C)C=Nc1cc(C)c(-c2ccc(C(C)(C)C)cc2)cc1C.CCN(C)C=Nc1ccc(-c2ccc(C(C)(C)C)cc2)cc1C. The first-order valence-corrected chi connectivity index (χ1v) is 17.0. The van der Waals surface area contributed by atoms with E-state index in [4.69, 9.17) is 0 Å². The van der Waals surface area contributed by atoms with Crippen molar-refractivity contribution < 1.29 is 0 Å². The van der Waals surface area contributed by atoms with E-state index >= 15 is 0 Å². The van der Waals surface area contributed by atoms with E-state index in [1.54, 1.807) is 0 Å². The maximum absolute atomic E-state index is 4.62. The van der Waals surface area contributed by atoms with Crippen LogP contribution in [0.2, 0.25) is 0 Å². The predicted octanol–water partition coefficient (Wildman–Crippen LogP) is 11.5. The molecule has 0 aliphatic rings. The van der Waals surface area contributed by atoms with Crippen molar-refractivity contribution in [2.24, 2.45) is 9.98 Å². The molecule has 0 heterocycles. The molecule has 4 aromatic rings. The molecule has 0 aliphatic heterocycles. The third kappa shape index (κ3) is 10.7. The minimum absolute atomic E-state index is 0.188. The van der Waals surface area contributed by atoms with Crippen LogP contribution < -0.4 is 0 Å². The van der Waals surface area contributed by atoms with Gasteiger partial charge in [-0.3, -0.25) is 0 Å². The van der Waals surface area contributed by atoms with Crippen molar-refractivity contribution in [2.75, 3.05) is 27.2 Å². The first kappa shape index (κ1) is 37.3. The molecule has 0 N–H and O–H groups in total. The Bertz CT molecular complexity index is 1650. The molecule has 250 valence electrons. The average Bonchev–Trinajstić information content (AvgIpc) is 3.03. The molecular formula is C43H58N4. The van der Waals surface area contributed by atoms with Crippen LogP contribution in [0.15, 0.2) is 88.8 Å². The number of aryl methyl sites for hydroxylation is 3. The van der Waals surface area contributed by atoms with Crippen molar-refractivity contribution in [1.82, 2.24) is 9.80 Å². The van der Waals surface area contributed by atoms with Gasteiger partial charge in [-0.15, -0.1) is 0 Å². The molecule has 0 fully saturated rings. The van der Waals surface area contributed by atoms with Crippen molar-refractivity contribution in [3.05, 3.63) is 107 Å². The second kappa shape index (κ2) is 16.1. The number of rotatable bonds is 8. The molecule has 0 saturated heterocycles. The van der Waals surface area contributed by atoms with Crippen LogP contribution in [-0.4, -0.2) is 49.7 Å². The molecule has 0 spiro atoms. The van der Waals surface area contributed by atoms with E-state index in [9.17, 15) is 0 Å². The van der Waals surface area contributed by atoms with Gasteiger partial charge in [-0.1, -0.05) is 96.1 Å². The molecule has 0 aliphatic carbocycles. The Morgan fingerprint density at radius 1 is 0.511 bits per heavy atom. The van der Waals surface area contributed by atoms with Crippen LogP contribution in [0.3, 0.4) is 0 Å². The number of benzene rings is 4. The van der Waals surface area contributed by atoms with Crippen molar-refractivity contribution in [3.8, 4) is 22.3 Å². The fourth-order valence-corrected chi connectivity index (χ4v) is 5.03. The Kier molecular flexibility index (Phi) is 12.8. The highest BCUT2D eigenvalue weighted by atomic mass is 15.1. The molecule has 4 rings (SSSR count). The first-order valence-electron chi connectivity index (χ1n) is 17.0. The van der Waals surface area contributed by atoms with Crippen molar-refractivity contribution in [1.29, 1.82) is 0 Å². The molecule has 0 amide bonds. The van der Waals surface area contributed by atoms with Gasteiger partial charge in [0.25, 0.3) is 0 Å². The summed E-state index contributed by atoms with van der Waals surface area (Å²) in [7, 11) is 4.07. The third-order valence-corrected chi connectivity index (χ3v) is 8.67. The van der Waals surface area contributed by atoms with E-state index in [1.807, 2.05) is 26.8 Å². The van der Waals surface area contributed by atoms with Gasteiger partial charge < -0.3 is 9.80 Å². The molecule has 0 saturated carbocycles. The summed E-state index contributed by atoms with van der Waals surface area (Å²) in [6, 6.07) is 28.7. The zero-order valence-corrected chi connectivity index (χ0v) is 31.4. The van der Waals surface area contributed by atoms with Crippen LogP contribution in [0.25, 0.3) is 22.3 Å². The average molecular weight is 631 g/mol. The van der Waals surface area contributed by atoms with Gasteiger partial charge in [0.1, 0.15) is 0 Å². The summed E-state index contributed by atoms with van der Waals surface area (Å²) in [5.74, 6) is 0. The zero-order chi connectivity index (χ0) is 34.9. The normalized spacial score (nSPS) is 11.9. The number of hydrogen-bond acceptors (Lipinski definition) is 2. The number of aliphatic imine (C=N–C) groups is 2. The molecule has 0 bridgehead atoms. The van der Waals surface area contributed by atoms with Gasteiger partial charge >= 0.3 is 0 Å². The zero-order valence-electron chi connectivity index (χ0n) is 31.4. The summed E-state index contributed by atoms with van der Waals surface area (Å²) < 4.78 is 0. The van der Waals surface area contributed by atoms with Gasteiger partial charge in [-0.05, 0) is 120 Å².